The van der Waals surface area contributed by atoms with E-state index in [1.165, 1.54) is 6.42 Å². The van der Waals surface area contributed by atoms with Crippen molar-refractivity contribution in [1.82, 2.24) is 5.32 Å². The molecule has 0 saturated carbocycles. The van der Waals surface area contributed by atoms with Gasteiger partial charge in [0.25, 0.3) is 0 Å². The fourth-order valence-electron chi connectivity index (χ4n) is 1.78. The van der Waals surface area contributed by atoms with Crippen molar-refractivity contribution in [3.8, 4) is 0 Å². The van der Waals surface area contributed by atoms with E-state index < -0.39 is 0 Å². The second-order valence-corrected chi connectivity index (χ2v) is 3.82. The minimum atomic E-state index is -0.108. The molecule has 1 N–H and O–H groups in total. The van der Waals surface area contributed by atoms with Crippen LogP contribution in [0.4, 0.5) is 4.39 Å². The summed E-state index contributed by atoms with van der Waals surface area (Å²) < 4.78 is 13.3. The van der Waals surface area contributed by atoms with Crippen molar-refractivity contribution < 1.29 is 4.39 Å². The second kappa shape index (κ2) is 4.09. The van der Waals surface area contributed by atoms with Crippen molar-refractivity contribution in [3.63, 3.8) is 0 Å². The zero-order valence-corrected chi connectivity index (χ0v) is 8.39. The highest BCUT2D eigenvalue weighted by Gasteiger charge is 2.15. The van der Waals surface area contributed by atoms with Gasteiger partial charge in [-0.1, -0.05) is 12.1 Å². The summed E-state index contributed by atoms with van der Waals surface area (Å²) in [5, 5.41) is 3.36. The first-order chi connectivity index (χ1) is 6.77. The lowest BCUT2D eigenvalue weighted by Gasteiger charge is -2.23. The van der Waals surface area contributed by atoms with Crippen molar-refractivity contribution in [2.24, 2.45) is 0 Å². The second-order valence-electron chi connectivity index (χ2n) is 3.82. The molecule has 1 radical (unpaired) electrons. The van der Waals surface area contributed by atoms with E-state index in [0.29, 0.717) is 5.56 Å². The molecule has 0 aliphatic carbocycles. The van der Waals surface area contributed by atoms with Crippen LogP contribution in [0, 0.1) is 19.2 Å². The molecule has 75 valence electrons. The van der Waals surface area contributed by atoms with Crippen LogP contribution in [0.5, 0.6) is 0 Å². The molecule has 14 heavy (non-hydrogen) atoms. The van der Waals surface area contributed by atoms with Gasteiger partial charge in [-0.25, -0.2) is 4.39 Å². The molecule has 0 bridgehead atoms. The number of piperidine rings is 1. The van der Waals surface area contributed by atoms with Gasteiger partial charge in [0.15, 0.2) is 0 Å². The number of benzene rings is 1. The Morgan fingerprint density at radius 2 is 2.29 bits per heavy atom. The van der Waals surface area contributed by atoms with Crippen LogP contribution in [0.25, 0.3) is 0 Å². The molecule has 1 heterocycles. The van der Waals surface area contributed by atoms with Crippen molar-refractivity contribution >= 4 is 0 Å². The van der Waals surface area contributed by atoms with E-state index in [4.69, 9.17) is 0 Å². The van der Waals surface area contributed by atoms with Crippen LogP contribution in [0.15, 0.2) is 18.2 Å². The van der Waals surface area contributed by atoms with Gasteiger partial charge in [0.05, 0.1) is 0 Å². The number of hydrogen-bond donors (Lipinski definition) is 1. The molecule has 0 amide bonds. The molecule has 0 aromatic heterocycles. The number of nitrogens with one attached hydrogen (secondary N) is 1. The molecule has 2 heteroatoms. The molecule has 1 aliphatic rings. The maximum absolute atomic E-state index is 13.3. The number of aryl methyl sites for hydroxylation is 1. The Balaban J connectivity index is 2.18. The predicted octanol–water partition coefficient (Wildman–Crippen LogP) is 2.76. The Bertz CT molecular complexity index is 316. The van der Waals surface area contributed by atoms with Gasteiger partial charge in [-0.3, -0.25) is 0 Å². The minimum absolute atomic E-state index is 0.108. The quantitative estimate of drug-likeness (QED) is 0.721. The number of halogens is 1. The smallest absolute Gasteiger partial charge is 0.126 e. The summed E-state index contributed by atoms with van der Waals surface area (Å²) in [6.07, 6.45) is 4.52. The molecule has 1 unspecified atom stereocenters. The maximum Gasteiger partial charge on any atom is 0.126 e. The first-order valence-corrected chi connectivity index (χ1v) is 5.10. The van der Waals surface area contributed by atoms with Gasteiger partial charge in [-0.15, -0.1) is 0 Å². The van der Waals surface area contributed by atoms with Gasteiger partial charge in [-0.2, -0.15) is 0 Å². The monoisotopic (exact) mass is 192 g/mol. The molecular weight excluding hydrogens is 177 g/mol. The summed E-state index contributed by atoms with van der Waals surface area (Å²) in [7, 11) is 0. The van der Waals surface area contributed by atoms with Crippen LogP contribution < -0.4 is 5.32 Å². The van der Waals surface area contributed by atoms with Crippen molar-refractivity contribution in [2.45, 2.75) is 25.8 Å². The van der Waals surface area contributed by atoms with Crippen LogP contribution in [0.3, 0.4) is 0 Å². The molecule has 1 aromatic carbocycles. The maximum atomic E-state index is 13.3. The third-order valence-corrected chi connectivity index (χ3v) is 2.70. The molecule has 1 saturated heterocycles. The molecule has 1 aromatic rings. The SMILES string of the molecule is Cc1ccc(C2[CH]CCCN2)cc1F. The Labute approximate surface area is 84.3 Å². The van der Waals surface area contributed by atoms with E-state index >= 15 is 0 Å². The van der Waals surface area contributed by atoms with Gasteiger partial charge in [0, 0.05) is 6.04 Å². The number of rotatable bonds is 1. The topological polar surface area (TPSA) is 12.0 Å². The van der Waals surface area contributed by atoms with Crippen molar-refractivity contribution in [3.05, 3.63) is 41.6 Å². The standard InChI is InChI=1S/C12H15FN/c1-9-5-6-10(8-11(9)13)12-4-2-3-7-14-12/h4-6,8,12,14H,2-3,7H2,1H3. The summed E-state index contributed by atoms with van der Waals surface area (Å²) in [4.78, 5) is 0. The molecule has 1 aliphatic heterocycles. The average Bonchev–Trinajstić information content (AvgIpc) is 2.23. The summed E-state index contributed by atoms with van der Waals surface area (Å²) in [6.45, 7) is 2.81. The Hall–Kier alpha value is -0.890. The highest BCUT2D eigenvalue weighted by Crippen LogP contribution is 2.23. The van der Waals surface area contributed by atoms with Crippen LogP contribution in [-0.4, -0.2) is 6.54 Å². The Kier molecular flexibility index (Phi) is 2.82. The Morgan fingerprint density at radius 1 is 1.43 bits per heavy atom. The third kappa shape index (κ3) is 1.95. The number of hydrogen-bond acceptors (Lipinski definition) is 1. The van der Waals surface area contributed by atoms with E-state index in [0.717, 1.165) is 18.5 Å². The van der Waals surface area contributed by atoms with E-state index in [1.807, 2.05) is 12.1 Å². The van der Waals surface area contributed by atoms with Gasteiger partial charge < -0.3 is 5.32 Å². The highest BCUT2D eigenvalue weighted by atomic mass is 19.1. The molecule has 1 atom stereocenters. The lowest BCUT2D eigenvalue weighted by molar-refractivity contribution is 0.495. The molecule has 2 rings (SSSR count). The fraction of sp³-hybridized carbons (Fsp3) is 0.417. The normalized spacial score (nSPS) is 22.3. The van der Waals surface area contributed by atoms with Gasteiger partial charge in [0.1, 0.15) is 5.82 Å². The summed E-state index contributed by atoms with van der Waals surface area (Å²) in [6, 6.07) is 5.71. The average molecular weight is 192 g/mol. The lowest BCUT2D eigenvalue weighted by atomic mass is 9.97. The van der Waals surface area contributed by atoms with E-state index in [9.17, 15) is 4.39 Å². The van der Waals surface area contributed by atoms with E-state index in [1.54, 1.807) is 13.0 Å². The fourth-order valence-corrected chi connectivity index (χ4v) is 1.78. The van der Waals surface area contributed by atoms with E-state index in [2.05, 4.69) is 11.7 Å². The van der Waals surface area contributed by atoms with E-state index in [-0.39, 0.29) is 11.9 Å². The first kappa shape index (κ1) is 9.66. The van der Waals surface area contributed by atoms with Gasteiger partial charge in [-0.05, 0) is 49.9 Å². The zero-order valence-electron chi connectivity index (χ0n) is 8.39. The van der Waals surface area contributed by atoms with Crippen LogP contribution in [0.2, 0.25) is 0 Å². The van der Waals surface area contributed by atoms with Crippen molar-refractivity contribution in [2.75, 3.05) is 6.54 Å². The summed E-state index contributed by atoms with van der Waals surface area (Å²) in [5.41, 5.74) is 1.75. The predicted molar refractivity (Wildman–Crippen MR) is 55.4 cm³/mol. The summed E-state index contributed by atoms with van der Waals surface area (Å²) >= 11 is 0. The van der Waals surface area contributed by atoms with Gasteiger partial charge >= 0.3 is 0 Å². The molecule has 1 nitrogen and oxygen atoms in total. The first-order valence-electron chi connectivity index (χ1n) is 5.10. The Morgan fingerprint density at radius 3 is 2.93 bits per heavy atom. The largest absolute Gasteiger partial charge is 0.310 e. The van der Waals surface area contributed by atoms with Crippen LogP contribution in [0.1, 0.15) is 30.0 Å². The van der Waals surface area contributed by atoms with Crippen LogP contribution in [-0.2, 0) is 0 Å². The molecular formula is C12H15FN. The highest BCUT2D eigenvalue weighted by molar-refractivity contribution is 5.27. The third-order valence-electron chi connectivity index (χ3n) is 2.70. The van der Waals surface area contributed by atoms with Crippen LogP contribution >= 0.6 is 0 Å². The minimum Gasteiger partial charge on any atom is -0.310 e. The zero-order chi connectivity index (χ0) is 9.97. The summed E-state index contributed by atoms with van der Waals surface area (Å²) in [5.74, 6) is -0.108. The molecule has 1 fully saturated rings. The lowest BCUT2D eigenvalue weighted by Crippen LogP contribution is -2.27. The van der Waals surface area contributed by atoms with Crippen molar-refractivity contribution in [1.29, 1.82) is 0 Å². The van der Waals surface area contributed by atoms with Gasteiger partial charge in [0.2, 0.25) is 0 Å². The molecule has 0 spiro atoms.